The Kier molecular flexibility index (Phi) is 4.17. The molecule has 1 aromatic carbocycles. The first-order chi connectivity index (χ1) is 9.33. The Morgan fingerprint density at radius 1 is 1.30 bits per heavy atom. The van der Waals surface area contributed by atoms with Gasteiger partial charge in [0.05, 0.1) is 5.69 Å². The third kappa shape index (κ3) is 2.87. The van der Waals surface area contributed by atoms with Gasteiger partial charge in [0.1, 0.15) is 10.0 Å². The van der Waals surface area contributed by atoms with Gasteiger partial charge in [0.2, 0.25) is 10.0 Å². The normalized spacial score (nSPS) is 13.4. The molecule has 0 radical (unpaired) electrons. The van der Waals surface area contributed by atoms with Crippen molar-refractivity contribution in [2.24, 2.45) is 7.05 Å². The highest BCUT2D eigenvalue weighted by Crippen LogP contribution is 2.25. The first kappa shape index (κ1) is 15.0. The number of aryl methyl sites for hydroxylation is 2. The van der Waals surface area contributed by atoms with Gasteiger partial charge < -0.3 is 0 Å². The Bertz CT molecular complexity index is 711. The van der Waals surface area contributed by atoms with E-state index < -0.39 is 10.0 Å². The lowest BCUT2D eigenvalue weighted by Gasteiger charge is -2.14. The molecule has 0 saturated heterocycles. The van der Waals surface area contributed by atoms with E-state index in [0.29, 0.717) is 5.69 Å². The molecule has 2 rings (SSSR count). The lowest BCUT2D eigenvalue weighted by Crippen LogP contribution is -2.27. The molecule has 2 aromatic rings. The summed E-state index contributed by atoms with van der Waals surface area (Å²) in [7, 11) is -2.11. The summed E-state index contributed by atoms with van der Waals surface area (Å²) in [6.07, 6.45) is 0. The van der Waals surface area contributed by atoms with E-state index in [2.05, 4.69) is 9.82 Å². The average molecular weight is 314 g/mol. The zero-order valence-corrected chi connectivity index (χ0v) is 13.0. The van der Waals surface area contributed by atoms with Crippen LogP contribution < -0.4 is 4.72 Å². The highest BCUT2D eigenvalue weighted by Gasteiger charge is 2.26. The van der Waals surface area contributed by atoms with E-state index in [-0.39, 0.29) is 16.1 Å². The van der Waals surface area contributed by atoms with E-state index in [1.807, 2.05) is 30.3 Å². The van der Waals surface area contributed by atoms with E-state index in [9.17, 15) is 8.42 Å². The minimum Gasteiger partial charge on any atom is -0.255 e. The summed E-state index contributed by atoms with van der Waals surface area (Å²) in [6.45, 7) is 3.40. The number of benzene rings is 1. The highest BCUT2D eigenvalue weighted by atomic mass is 35.5. The van der Waals surface area contributed by atoms with Crippen LogP contribution in [0, 0.1) is 6.92 Å². The minimum absolute atomic E-state index is 0.0319. The molecule has 0 bridgehead atoms. The smallest absolute Gasteiger partial charge is 0.246 e. The van der Waals surface area contributed by atoms with Gasteiger partial charge in [-0.25, -0.2) is 13.1 Å². The summed E-state index contributed by atoms with van der Waals surface area (Å²) in [5.74, 6) is 0. The van der Waals surface area contributed by atoms with E-state index in [4.69, 9.17) is 11.6 Å². The molecule has 1 unspecified atom stereocenters. The third-order valence-electron chi connectivity index (χ3n) is 3.00. The van der Waals surface area contributed by atoms with E-state index in [0.717, 1.165) is 5.56 Å². The lowest BCUT2D eigenvalue weighted by atomic mass is 10.1. The molecule has 0 aliphatic heterocycles. The van der Waals surface area contributed by atoms with Crippen LogP contribution in [0.3, 0.4) is 0 Å². The zero-order chi connectivity index (χ0) is 14.9. The molecule has 5 nitrogen and oxygen atoms in total. The lowest BCUT2D eigenvalue weighted by molar-refractivity contribution is 0.566. The largest absolute Gasteiger partial charge is 0.255 e. The molecule has 0 amide bonds. The molecule has 0 saturated carbocycles. The predicted molar refractivity (Wildman–Crippen MR) is 78.1 cm³/mol. The molecular weight excluding hydrogens is 298 g/mol. The zero-order valence-electron chi connectivity index (χ0n) is 11.5. The first-order valence-electron chi connectivity index (χ1n) is 6.09. The molecule has 0 aliphatic rings. The second kappa shape index (κ2) is 5.55. The number of aromatic nitrogens is 2. The van der Waals surface area contributed by atoms with Crippen molar-refractivity contribution in [3.8, 4) is 0 Å². The first-order valence-corrected chi connectivity index (χ1v) is 7.95. The highest BCUT2D eigenvalue weighted by molar-refractivity contribution is 7.89. The maximum absolute atomic E-state index is 12.4. The maximum atomic E-state index is 12.4. The van der Waals surface area contributed by atoms with Gasteiger partial charge >= 0.3 is 0 Å². The third-order valence-corrected chi connectivity index (χ3v) is 5.24. The summed E-state index contributed by atoms with van der Waals surface area (Å²) >= 11 is 6.01. The van der Waals surface area contributed by atoms with Crippen LogP contribution in [0.2, 0.25) is 5.15 Å². The van der Waals surface area contributed by atoms with Crippen LogP contribution in [-0.4, -0.2) is 18.2 Å². The van der Waals surface area contributed by atoms with Gasteiger partial charge in [-0.3, -0.25) is 4.68 Å². The van der Waals surface area contributed by atoms with Crippen molar-refractivity contribution < 1.29 is 8.42 Å². The minimum atomic E-state index is -3.71. The fourth-order valence-electron chi connectivity index (χ4n) is 2.02. The number of sulfonamides is 1. The number of nitrogens with zero attached hydrogens (tertiary/aromatic N) is 2. The van der Waals surface area contributed by atoms with Crippen molar-refractivity contribution in [2.75, 3.05) is 0 Å². The fraction of sp³-hybridized carbons (Fsp3) is 0.308. The van der Waals surface area contributed by atoms with Gasteiger partial charge in [-0.2, -0.15) is 5.10 Å². The van der Waals surface area contributed by atoms with Gasteiger partial charge in [-0.1, -0.05) is 41.9 Å². The number of nitrogens with one attached hydrogen (secondary N) is 1. The molecule has 0 aliphatic carbocycles. The van der Waals surface area contributed by atoms with Crippen LogP contribution >= 0.6 is 11.6 Å². The van der Waals surface area contributed by atoms with Crippen LogP contribution in [0.4, 0.5) is 0 Å². The van der Waals surface area contributed by atoms with Gasteiger partial charge in [0, 0.05) is 13.1 Å². The summed E-state index contributed by atoms with van der Waals surface area (Å²) in [6, 6.07) is 8.99. The van der Waals surface area contributed by atoms with Crippen molar-refractivity contribution in [2.45, 2.75) is 24.8 Å². The maximum Gasteiger partial charge on any atom is 0.246 e. The number of halogens is 1. The summed E-state index contributed by atoms with van der Waals surface area (Å²) in [5.41, 5.74) is 1.26. The SMILES string of the molecule is Cc1nn(C)c(Cl)c1S(=O)(=O)NC(C)c1ccccc1. The predicted octanol–water partition coefficient (Wildman–Crippen LogP) is 2.42. The quantitative estimate of drug-likeness (QED) is 0.943. The summed E-state index contributed by atoms with van der Waals surface area (Å²) < 4.78 is 28.8. The molecule has 20 heavy (non-hydrogen) atoms. The van der Waals surface area contributed by atoms with Crippen LogP contribution in [0.5, 0.6) is 0 Å². The van der Waals surface area contributed by atoms with Crippen LogP contribution in [0.15, 0.2) is 35.2 Å². The monoisotopic (exact) mass is 313 g/mol. The van der Waals surface area contributed by atoms with Crippen molar-refractivity contribution in [1.82, 2.24) is 14.5 Å². The van der Waals surface area contributed by atoms with Gasteiger partial charge in [-0.05, 0) is 19.4 Å². The average Bonchev–Trinajstić information content (AvgIpc) is 2.64. The van der Waals surface area contributed by atoms with Crippen LogP contribution in [0.25, 0.3) is 0 Å². The Hall–Kier alpha value is -1.37. The molecule has 0 fully saturated rings. The molecule has 1 aromatic heterocycles. The summed E-state index contributed by atoms with van der Waals surface area (Å²) in [5, 5.41) is 4.13. The molecule has 108 valence electrons. The Balaban J connectivity index is 2.33. The number of hydrogen-bond acceptors (Lipinski definition) is 3. The van der Waals surface area contributed by atoms with Crippen molar-refractivity contribution in [3.05, 3.63) is 46.7 Å². The number of hydrogen-bond donors (Lipinski definition) is 1. The Morgan fingerprint density at radius 3 is 2.40 bits per heavy atom. The molecule has 1 heterocycles. The van der Waals surface area contributed by atoms with E-state index in [1.54, 1.807) is 20.9 Å². The molecule has 1 atom stereocenters. The Labute approximate surface area is 123 Å². The fourth-order valence-corrected chi connectivity index (χ4v) is 4.00. The van der Waals surface area contributed by atoms with Gasteiger partial charge in [0.15, 0.2) is 0 Å². The summed E-state index contributed by atoms with van der Waals surface area (Å²) in [4.78, 5) is 0.0319. The van der Waals surface area contributed by atoms with Gasteiger partial charge in [-0.15, -0.1) is 0 Å². The number of rotatable bonds is 4. The second-order valence-corrected chi connectivity index (χ2v) is 6.59. The van der Waals surface area contributed by atoms with Crippen molar-refractivity contribution in [1.29, 1.82) is 0 Å². The van der Waals surface area contributed by atoms with Gasteiger partial charge in [0.25, 0.3) is 0 Å². The molecule has 0 spiro atoms. The van der Waals surface area contributed by atoms with E-state index in [1.165, 1.54) is 4.68 Å². The molecular formula is C13H16ClN3O2S. The Morgan fingerprint density at radius 2 is 1.90 bits per heavy atom. The van der Waals surface area contributed by atoms with Crippen molar-refractivity contribution >= 4 is 21.6 Å². The standard InChI is InChI=1S/C13H16ClN3O2S/c1-9(11-7-5-4-6-8-11)16-20(18,19)12-10(2)15-17(3)13(12)14/h4-9,16H,1-3H3. The topological polar surface area (TPSA) is 64.0 Å². The van der Waals surface area contributed by atoms with E-state index >= 15 is 0 Å². The van der Waals surface area contributed by atoms with Crippen LogP contribution in [-0.2, 0) is 17.1 Å². The second-order valence-electron chi connectivity index (χ2n) is 4.58. The molecule has 1 N–H and O–H groups in total. The van der Waals surface area contributed by atoms with Crippen LogP contribution in [0.1, 0.15) is 24.2 Å². The molecule has 7 heteroatoms. The van der Waals surface area contributed by atoms with Crippen molar-refractivity contribution in [3.63, 3.8) is 0 Å².